The maximum atomic E-state index is 13.8. The molecular weight excluding hydrogens is 438 g/mol. The van der Waals surface area contributed by atoms with Gasteiger partial charge in [0.15, 0.2) is 11.5 Å². The van der Waals surface area contributed by atoms with Gasteiger partial charge < -0.3 is 15.0 Å². The number of likely N-dealkylation sites (tertiary alicyclic amines) is 1. The van der Waals surface area contributed by atoms with Gasteiger partial charge in [-0.2, -0.15) is 0 Å². The van der Waals surface area contributed by atoms with Gasteiger partial charge in [-0.25, -0.2) is 4.99 Å². The predicted octanol–water partition coefficient (Wildman–Crippen LogP) is 2.50. The molecule has 6 rings (SSSR count). The number of carbonyl (C=O) groups is 2. The number of benzene rings is 2. The number of hydrogen-bond donors (Lipinski definition) is 2. The van der Waals surface area contributed by atoms with Crippen LogP contribution >= 0.6 is 0 Å². The van der Waals surface area contributed by atoms with Crippen molar-refractivity contribution in [2.24, 2.45) is 5.92 Å². The van der Waals surface area contributed by atoms with Crippen LogP contribution in [0, 0.1) is 12.8 Å². The number of carbonyl (C=O) groups excluding carboxylic acids is 2. The van der Waals surface area contributed by atoms with Crippen molar-refractivity contribution in [1.82, 2.24) is 10.2 Å². The van der Waals surface area contributed by atoms with Crippen LogP contribution in [0.15, 0.2) is 65.4 Å². The lowest BCUT2D eigenvalue weighted by Crippen LogP contribution is -2.74. The van der Waals surface area contributed by atoms with Crippen LogP contribution in [0.5, 0.6) is 5.75 Å². The highest BCUT2D eigenvalue weighted by atomic mass is 16.5. The molecule has 2 aromatic rings. The van der Waals surface area contributed by atoms with Gasteiger partial charge >= 0.3 is 0 Å². The van der Waals surface area contributed by atoms with Crippen LogP contribution < -0.4 is 15.0 Å². The maximum absolute atomic E-state index is 13.8. The van der Waals surface area contributed by atoms with Crippen molar-refractivity contribution in [1.29, 1.82) is 0 Å². The summed E-state index contributed by atoms with van der Waals surface area (Å²) < 4.78 is 6.35. The molecular formula is C29H30N3O3+. The lowest BCUT2D eigenvalue weighted by molar-refractivity contribution is -0.363. The van der Waals surface area contributed by atoms with Gasteiger partial charge in [0.25, 0.3) is 0 Å². The topological polar surface area (TPSA) is 72.6 Å². The van der Waals surface area contributed by atoms with Gasteiger partial charge in [-0.3, -0.25) is 9.59 Å². The number of piperidine rings is 1. The van der Waals surface area contributed by atoms with Crippen LogP contribution in [0.4, 0.5) is 5.69 Å². The number of para-hydroxylation sites is 1. The Balaban J connectivity index is 1.38. The molecule has 2 heterocycles. The first kappa shape index (κ1) is 22.0. The molecule has 0 bridgehead atoms. The molecule has 1 saturated heterocycles. The molecule has 0 aromatic heterocycles. The van der Waals surface area contributed by atoms with Gasteiger partial charge in [-0.1, -0.05) is 43.3 Å². The number of ketones is 2. The molecule has 2 aliphatic heterocycles. The molecule has 1 fully saturated rings. The van der Waals surface area contributed by atoms with Gasteiger partial charge in [0.1, 0.15) is 5.57 Å². The summed E-state index contributed by atoms with van der Waals surface area (Å²) in [6.07, 6.45) is 3.92. The molecule has 0 saturated carbocycles. The number of ether oxygens (including phenoxy) is 1. The van der Waals surface area contributed by atoms with Crippen molar-refractivity contribution in [3.63, 3.8) is 0 Å². The van der Waals surface area contributed by atoms with Crippen molar-refractivity contribution < 1.29 is 19.3 Å². The van der Waals surface area contributed by atoms with Crippen molar-refractivity contribution in [3.8, 4) is 5.75 Å². The number of nitrogens with zero attached hydrogens (tertiary/aromatic N) is 1. The van der Waals surface area contributed by atoms with E-state index >= 15 is 0 Å². The summed E-state index contributed by atoms with van der Waals surface area (Å²) in [5.41, 5.74) is 4.97. The highest BCUT2D eigenvalue weighted by Gasteiger charge is 2.46. The molecule has 1 atom stereocenters. The van der Waals surface area contributed by atoms with E-state index in [1.54, 1.807) is 18.2 Å². The summed E-state index contributed by atoms with van der Waals surface area (Å²) in [7, 11) is 0. The Hall–Kier alpha value is -3.51. The second kappa shape index (κ2) is 8.61. The third kappa shape index (κ3) is 3.73. The number of Topliss-reactive ketones (excluding diaryl/α,β-unsaturated/α-hetero) is 2. The number of hydrogen-bond acceptors (Lipinski definition) is 5. The van der Waals surface area contributed by atoms with E-state index < -0.39 is 6.10 Å². The van der Waals surface area contributed by atoms with Crippen molar-refractivity contribution in [2.75, 3.05) is 26.2 Å². The summed E-state index contributed by atoms with van der Waals surface area (Å²) in [5, 5.41) is 3.50. The molecule has 6 heteroatoms. The fourth-order valence-corrected chi connectivity index (χ4v) is 5.53. The lowest BCUT2D eigenvalue weighted by Gasteiger charge is -2.32. The van der Waals surface area contributed by atoms with Crippen LogP contribution in [0.25, 0.3) is 0 Å². The van der Waals surface area contributed by atoms with Gasteiger partial charge in [0.2, 0.25) is 23.3 Å². The minimum absolute atomic E-state index is 0.121. The van der Waals surface area contributed by atoms with E-state index in [0.717, 1.165) is 42.6 Å². The van der Waals surface area contributed by atoms with Crippen molar-refractivity contribution in [3.05, 3.63) is 82.1 Å². The van der Waals surface area contributed by atoms with Crippen LogP contribution in [0.1, 0.15) is 46.0 Å². The zero-order chi connectivity index (χ0) is 24.1. The minimum Gasteiger partial charge on any atom is -0.468 e. The third-order valence-corrected chi connectivity index (χ3v) is 7.63. The Morgan fingerprint density at radius 1 is 1.00 bits per heavy atom. The Morgan fingerprint density at radius 2 is 1.71 bits per heavy atom. The molecule has 2 aromatic carbocycles. The number of fused-ring (bicyclic) bond motifs is 4. The molecule has 178 valence electrons. The average Bonchev–Trinajstić information content (AvgIpc) is 2.87. The minimum atomic E-state index is -0.469. The van der Waals surface area contributed by atoms with Crippen LogP contribution in [-0.4, -0.2) is 54.5 Å². The van der Waals surface area contributed by atoms with Gasteiger partial charge in [-0.15, -0.1) is 0 Å². The quantitative estimate of drug-likeness (QED) is 0.722. The van der Waals surface area contributed by atoms with Crippen LogP contribution in [0.2, 0.25) is 0 Å². The summed E-state index contributed by atoms with van der Waals surface area (Å²) in [6, 6.07) is 13.0. The fourth-order valence-electron chi connectivity index (χ4n) is 5.53. The normalized spacial score (nSPS) is 21.8. The Labute approximate surface area is 205 Å². The number of rotatable bonds is 4. The maximum Gasteiger partial charge on any atom is 0.249 e. The molecule has 35 heavy (non-hydrogen) atoms. The molecule has 0 radical (unpaired) electrons. The molecule has 2 N–H and O–H groups in total. The van der Waals surface area contributed by atoms with Crippen molar-refractivity contribution >= 4 is 23.0 Å². The number of nitrogens with one attached hydrogen (secondary N) is 2. The molecule has 4 aliphatic rings. The Morgan fingerprint density at radius 3 is 2.46 bits per heavy atom. The van der Waals surface area contributed by atoms with E-state index in [2.05, 4.69) is 22.1 Å². The molecule has 6 nitrogen and oxygen atoms in total. The lowest BCUT2D eigenvalue weighted by atomic mass is 9.76. The SMILES string of the molecule is Cc1cccc2c1[NH+]=C1C3=C(C(=O)c4ccccc4C3=O)C(NCCN3CCC(C)CC3)=CC1O2. The summed E-state index contributed by atoms with van der Waals surface area (Å²) in [4.78, 5) is 33.4. The number of allylic oxidation sites excluding steroid dienone is 1. The van der Waals surface area contributed by atoms with E-state index in [9.17, 15) is 9.59 Å². The third-order valence-electron chi connectivity index (χ3n) is 7.63. The summed E-state index contributed by atoms with van der Waals surface area (Å²) in [6.45, 7) is 8.11. The summed E-state index contributed by atoms with van der Waals surface area (Å²) >= 11 is 0. The molecule has 0 spiro atoms. The Bertz CT molecular complexity index is 1330. The van der Waals surface area contributed by atoms with E-state index in [-0.39, 0.29) is 11.6 Å². The average molecular weight is 469 g/mol. The van der Waals surface area contributed by atoms with E-state index in [4.69, 9.17) is 4.74 Å². The fraction of sp³-hybridized carbons (Fsp3) is 0.345. The summed E-state index contributed by atoms with van der Waals surface area (Å²) in [5.74, 6) is 1.27. The van der Waals surface area contributed by atoms with Gasteiger partial charge in [-0.05, 0) is 50.9 Å². The highest BCUT2D eigenvalue weighted by Crippen LogP contribution is 2.36. The Kier molecular flexibility index (Phi) is 5.41. The van der Waals surface area contributed by atoms with E-state index in [1.807, 2.05) is 37.3 Å². The highest BCUT2D eigenvalue weighted by molar-refractivity contribution is 6.39. The first-order valence-electron chi connectivity index (χ1n) is 12.5. The monoisotopic (exact) mass is 468 g/mol. The number of aryl methyl sites for hydroxylation is 1. The van der Waals surface area contributed by atoms with Crippen molar-refractivity contribution in [2.45, 2.75) is 32.8 Å². The standard InChI is InChI=1S/C29H29N3O3/c1-17-10-13-32(14-11-17)15-12-30-21-16-23-27(31-26-18(2)6-5-9-22(26)35-23)25-24(21)28(33)19-7-3-4-8-20(19)29(25)34/h3-9,16-17,23,30H,10-15H2,1-2H3/p+1. The second-order valence-corrected chi connectivity index (χ2v) is 10.0. The molecule has 2 aliphatic carbocycles. The largest absolute Gasteiger partial charge is 0.468 e. The zero-order valence-corrected chi connectivity index (χ0v) is 20.2. The second-order valence-electron chi connectivity index (χ2n) is 10.0. The zero-order valence-electron chi connectivity index (χ0n) is 20.2. The van der Waals surface area contributed by atoms with E-state index in [1.165, 1.54) is 12.8 Å². The molecule has 0 amide bonds. The first-order valence-corrected chi connectivity index (χ1v) is 12.5. The van der Waals surface area contributed by atoms with Crippen LogP contribution in [-0.2, 0) is 0 Å². The van der Waals surface area contributed by atoms with Gasteiger partial charge in [0.05, 0.1) is 5.57 Å². The predicted molar refractivity (Wildman–Crippen MR) is 134 cm³/mol. The van der Waals surface area contributed by atoms with E-state index in [0.29, 0.717) is 40.2 Å². The smallest absolute Gasteiger partial charge is 0.249 e. The van der Waals surface area contributed by atoms with Gasteiger partial charge in [0, 0.05) is 35.5 Å². The first-order chi connectivity index (χ1) is 17.0. The van der Waals surface area contributed by atoms with Crippen LogP contribution in [0.3, 0.4) is 0 Å². The molecule has 1 unspecified atom stereocenters.